The molecule has 1 fully saturated rings. The van der Waals surface area contributed by atoms with Crippen molar-refractivity contribution in [2.75, 3.05) is 26.4 Å². The molecule has 1 aromatic rings. The summed E-state index contributed by atoms with van der Waals surface area (Å²) in [6, 6.07) is 0.350. The highest BCUT2D eigenvalue weighted by Crippen LogP contribution is 2.16. The van der Waals surface area contributed by atoms with E-state index < -0.39 is 6.10 Å². The predicted octanol–water partition coefficient (Wildman–Crippen LogP) is 0.292. The third-order valence-corrected chi connectivity index (χ3v) is 3.57. The molecule has 0 aliphatic carbocycles. The van der Waals surface area contributed by atoms with Gasteiger partial charge in [-0.1, -0.05) is 0 Å². The van der Waals surface area contributed by atoms with Crippen LogP contribution in [0.25, 0.3) is 0 Å². The zero-order chi connectivity index (χ0) is 12.8. The van der Waals surface area contributed by atoms with Crippen molar-refractivity contribution in [2.24, 2.45) is 5.92 Å². The van der Waals surface area contributed by atoms with Gasteiger partial charge in [0.15, 0.2) is 0 Å². The van der Waals surface area contributed by atoms with Crippen molar-refractivity contribution < 1.29 is 14.6 Å². The Morgan fingerprint density at radius 1 is 1.72 bits per heavy atom. The maximum Gasteiger partial charge on any atom is 0.245 e. The number of aliphatic hydroxyl groups excluding tert-OH is 1. The Morgan fingerprint density at radius 2 is 2.61 bits per heavy atom. The third-order valence-electron chi connectivity index (χ3n) is 3.11. The first kappa shape index (κ1) is 13.7. The van der Waals surface area contributed by atoms with Crippen LogP contribution in [0.1, 0.15) is 13.3 Å². The van der Waals surface area contributed by atoms with Gasteiger partial charge in [0.25, 0.3) is 0 Å². The predicted molar refractivity (Wildman–Crippen MR) is 67.8 cm³/mol. The maximum absolute atomic E-state index is 9.78. The Hall–Kier alpha value is -0.760. The number of rotatable bonds is 7. The standard InChI is InChI=1S/C11H19N3O3S/c1-8(9-2-3-16-6-9)12-4-10(15)7-17-11-5-13-18-14-11/h5,8-10,12,15H,2-4,6-7H2,1H3. The van der Waals surface area contributed by atoms with Gasteiger partial charge in [0.05, 0.1) is 18.3 Å². The van der Waals surface area contributed by atoms with E-state index >= 15 is 0 Å². The monoisotopic (exact) mass is 273 g/mol. The molecule has 102 valence electrons. The second kappa shape index (κ2) is 6.98. The van der Waals surface area contributed by atoms with Gasteiger partial charge in [-0.2, -0.15) is 4.37 Å². The zero-order valence-electron chi connectivity index (χ0n) is 10.4. The Morgan fingerprint density at radius 3 is 3.28 bits per heavy atom. The molecule has 18 heavy (non-hydrogen) atoms. The lowest BCUT2D eigenvalue weighted by atomic mass is 10.0. The number of nitrogens with zero attached hydrogens (tertiary/aromatic N) is 2. The lowest BCUT2D eigenvalue weighted by Gasteiger charge is -2.21. The topological polar surface area (TPSA) is 76.5 Å². The zero-order valence-corrected chi connectivity index (χ0v) is 11.2. The number of hydrogen-bond donors (Lipinski definition) is 2. The van der Waals surface area contributed by atoms with Gasteiger partial charge in [0.2, 0.25) is 5.88 Å². The van der Waals surface area contributed by atoms with Gasteiger partial charge in [-0.25, -0.2) is 0 Å². The number of hydrogen-bond acceptors (Lipinski definition) is 7. The Bertz CT molecular complexity index is 330. The number of ether oxygens (including phenoxy) is 2. The van der Waals surface area contributed by atoms with Crippen molar-refractivity contribution in [1.82, 2.24) is 14.1 Å². The van der Waals surface area contributed by atoms with E-state index in [1.807, 2.05) is 0 Å². The van der Waals surface area contributed by atoms with Crippen molar-refractivity contribution >= 4 is 11.7 Å². The Labute approximate surface area is 111 Å². The quantitative estimate of drug-likeness (QED) is 0.744. The van der Waals surface area contributed by atoms with Gasteiger partial charge >= 0.3 is 0 Å². The highest BCUT2D eigenvalue weighted by atomic mass is 32.1. The fourth-order valence-electron chi connectivity index (χ4n) is 1.90. The van der Waals surface area contributed by atoms with E-state index in [2.05, 4.69) is 21.0 Å². The maximum atomic E-state index is 9.78. The Kier molecular flexibility index (Phi) is 5.30. The molecule has 1 aliphatic heterocycles. The van der Waals surface area contributed by atoms with E-state index in [1.165, 1.54) is 0 Å². The molecule has 0 amide bonds. The van der Waals surface area contributed by atoms with Crippen molar-refractivity contribution in [3.05, 3.63) is 6.20 Å². The molecule has 3 unspecified atom stereocenters. The number of aromatic nitrogens is 2. The summed E-state index contributed by atoms with van der Waals surface area (Å²) in [5.74, 6) is 1.01. The van der Waals surface area contributed by atoms with Crippen LogP contribution in [0.2, 0.25) is 0 Å². The highest BCUT2D eigenvalue weighted by Gasteiger charge is 2.22. The molecule has 3 atom stereocenters. The summed E-state index contributed by atoms with van der Waals surface area (Å²) >= 11 is 1.09. The molecule has 0 radical (unpaired) electrons. The molecule has 2 rings (SSSR count). The van der Waals surface area contributed by atoms with Gasteiger partial charge in [-0.05, 0) is 19.3 Å². The average Bonchev–Trinajstić information content (AvgIpc) is 3.05. The van der Waals surface area contributed by atoms with Crippen LogP contribution in [-0.2, 0) is 4.74 Å². The third kappa shape index (κ3) is 4.16. The molecule has 0 aromatic carbocycles. The first-order valence-corrected chi connectivity index (χ1v) is 6.88. The summed E-state index contributed by atoms with van der Waals surface area (Å²) in [6.07, 6.45) is 2.09. The van der Waals surface area contributed by atoms with Crippen molar-refractivity contribution in [1.29, 1.82) is 0 Å². The molecule has 6 nitrogen and oxygen atoms in total. The number of aliphatic hydroxyl groups is 1. The molecule has 0 bridgehead atoms. The second-order valence-corrected chi connectivity index (χ2v) is 5.09. The summed E-state index contributed by atoms with van der Waals surface area (Å²) in [7, 11) is 0. The van der Waals surface area contributed by atoms with Crippen LogP contribution in [0.4, 0.5) is 0 Å². The van der Waals surface area contributed by atoms with Gasteiger partial charge in [0.1, 0.15) is 18.9 Å². The van der Waals surface area contributed by atoms with E-state index in [1.54, 1.807) is 6.20 Å². The average molecular weight is 273 g/mol. The lowest BCUT2D eigenvalue weighted by molar-refractivity contribution is 0.0986. The van der Waals surface area contributed by atoms with E-state index in [0.717, 1.165) is 31.4 Å². The molecular weight excluding hydrogens is 254 g/mol. The van der Waals surface area contributed by atoms with Crippen molar-refractivity contribution in [2.45, 2.75) is 25.5 Å². The molecule has 0 saturated carbocycles. The molecule has 2 heterocycles. The first-order chi connectivity index (χ1) is 8.75. The van der Waals surface area contributed by atoms with Gasteiger partial charge in [-0.15, -0.1) is 4.37 Å². The van der Waals surface area contributed by atoms with Crippen molar-refractivity contribution in [3.8, 4) is 5.88 Å². The summed E-state index contributed by atoms with van der Waals surface area (Å²) < 4.78 is 18.4. The summed E-state index contributed by atoms with van der Waals surface area (Å²) in [4.78, 5) is 0. The fraction of sp³-hybridized carbons (Fsp3) is 0.818. The van der Waals surface area contributed by atoms with Crippen LogP contribution in [-0.4, -0.2) is 52.4 Å². The van der Waals surface area contributed by atoms with E-state index in [0.29, 0.717) is 24.4 Å². The lowest BCUT2D eigenvalue weighted by Crippen LogP contribution is -2.40. The molecule has 1 saturated heterocycles. The van der Waals surface area contributed by atoms with Crippen molar-refractivity contribution in [3.63, 3.8) is 0 Å². The summed E-state index contributed by atoms with van der Waals surface area (Å²) in [5.41, 5.74) is 0. The molecular formula is C11H19N3O3S. The summed E-state index contributed by atoms with van der Waals surface area (Å²) in [5, 5.41) is 13.1. The largest absolute Gasteiger partial charge is 0.473 e. The van der Waals surface area contributed by atoms with Crippen LogP contribution < -0.4 is 10.1 Å². The van der Waals surface area contributed by atoms with E-state index in [4.69, 9.17) is 9.47 Å². The van der Waals surface area contributed by atoms with Crippen LogP contribution in [0.5, 0.6) is 5.88 Å². The SMILES string of the molecule is CC(NCC(O)COc1cnsn1)C1CCOC1. The van der Waals surface area contributed by atoms with Gasteiger partial charge in [-0.3, -0.25) is 0 Å². The molecule has 2 N–H and O–H groups in total. The normalized spacial score (nSPS) is 22.9. The summed E-state index contributed by atoms with van der Waals surface area (Å²) in [6.45, 7) is 4.52. The van der Waals surface area contributed by atoms with Crippen LogP contribution in [0, 0.1) is 5.92 Å². The van der Waals surface area contributed by atoms with E-state index in [-0.39, 0.29) is 6.61 Å². The first-order valence-electron chi connectivity index (χ1n) is 6.15. The smallest absolute Gasteiger partial charge is 0.245 e. The minimum atomic E-state index is -0.545. The molecule has 7 heteroatoms. The number of nitrogens with one attached hydrogen (secondary N) is 1. The molecule has 1 aromatic heterocycles. The fourth-order valence-corrected chi connectivity index (χ4v) is 2.26. The minimum absolute atomic E-state index is 0.228. The Balaban J connectivity index is 1.60. The van der Waals surface area contributed by atoms with Gasteiger partial charge in [0, 0.05) is 19.2 Å². The van der Waals surface area contributed by atoms with Crippen LogP contribution in [0.15, 0.2) is 6.20 Å². The van der Waals surface area contributed by atoms with Crippen LogP contribution >= 0.6 is 11.7 Å². The van der Waals surface area contributed by atoms with Crippen LogP contribution in [0.3, 0.4) is 0 Å². The van der Waals surface area contributed by atoms with Gasteiger partial charge < -0.3 is 19.9 Å². The minimum Gasteiger partial charge on any atom is -0.473 e. The van der Waals surface area contributed by atoms with E-state index in [9.17, 15) is 5.11 Å². The highest BCUT2D eigenvalue weighted by molar-refractivity contribution is 6.99. The molecule has 1 aliphatic rings. The molecule has 0 spiro atoms. The second-order valence-electron chi connectivity index (χ2n) is 4.53.